The van der Waals surface area contributed by atoms with Crippen LogP contribution in [0.4, 0.5) is 0 Å². The van der Waals surface area contributed by atoms with Crippen molar-refractivity contribution in [2.75, 3.05) is 6.54 Å². The normalized spacial score (nSPS) is 16.4. The lowest BCUT2D eigenvalue weighted by atomic mass is 9.83. The van der Waals surface area contributed by atoms with Gasteiger partial charge in [0, 0.05) is 23.6 Å². The van der Waals surface area contributed by atoms with Crippen LogP contribution in [0.15, 0.2) is 48.5 Å². The van der Waals surface area contributed by atoms with E-state index in [4.69, 9.17) is 5.73 Å². The maximum Gasteiger partial charge on any atom is 0.251 e. The fourth-order valence-corrected chi connectivity index (χ4v) is 3.17. The van der Waals surface area contributed by atoms with Crippen molar-refractivity contribution >= 4 is 11.8 Å². The van der Waals surface area contributed by atoms with Crippen molar-refractivity contribution in [3.05, 3.63) is 70.8 Å². The molecule has 2 aromatic carbocycles. The van der Waals surface area contributed by atoms with Crippen LogP contribution in [-0.4, -0.2) is 18.4 Å². The summed E-state index contributed by atoms with van der Waals surface area (Å²) in [6, 6.07) is 14.9. The topological polar surface area (TPSA) is 72.2 Å². The lowest BCUT2D eigenvalue weighted by molar-refractivity contribution is 0.0947. The van der Waals surface area contributed by atoms with Crippen molar-refractivity contribution in [2.24, 2.45) is 5.73 Å². The minimum Gasteiger partial charge on any atom is -0.366 e. The molecule has 0 saturated heterocycles. The lowest BCUT2D eigenvalue weighted by Crippen LogP contribution is -2.30. The van der Waals surface area contributed by atoms with Crippen LogP contribution in [0, 0.1) is 0 Å². The molecule has 0 spiro atoms. The molecule has 3 N–H and O–H groups in total. The van der Waals surface area contributed by atoms with Crippen LogP contribution in [-0.2, 0) is 6.42 Å². The fraction of sp³-hybridized carbons (Fsp3) is 0.263. The smallest absolute Gasteiger partial charge is 0.251 e. The Bertz CT molecular complexity index is 722. The lowest BCUT2D eigenvalue weighted by Gasteiger charge is -2.25. The van der Waals surface area contributed by atoms with Crippen molar-refractivity contribution < 1.29 is 9.59 Å². The Labute approximate surface area is 135 Å². The number of nitrogens with one attached hydrogen (secondary N) is 1. The van der Waals surface area contributed by atoms with Crippen LogP contribution < -0.4 is 11.1 Å². The van der Waals surface area contributed by atoms with E-state index in [1.165, 1.54) is 11.1 Å². The molecule has 0 aromatic heterocycles. The molecular formula is C19H20N2O2. The number of fused-ring (bicyclic) bond motifs is 1. The van der Waals surface area contributed by atoms with Gasteiger partial charge in [0.2, 0.25) is 5.91 Å². The van der Waals surface area contributed by atoms with Crippen molar-refractivity contribution in [1.29, 1.82) is 0 Å². The highest BCUT2D eigenvalue weighted by molar-refractivity contribution is 5.97. The van der Waals surface area contributed by atoms with Gasteiger partial charge in [-0.2, -0.15) is 0 Å². The molecule has 1 unspecified atom stereocenters. The number of hydrogen-bond acceptors (Lipinski definition) is 2. The summed E-state index contributed by atoms with van der Waals surface area (Å²) in [5.41, 5.74) is 8.89. The van der Waals surface area contributed by atoms with E-state index in [0.29, 0.717) is 23.6 Å². The van der Waals surface area contributed by atoms with Crippen molar-refractivity contribution in [3.8, 4) is 0 Å². The quantitative estimate of drug-likeness (QED) is 0.911. The van der Waals surface area contributed by atoms with Crippen LogP contribution in [0.25, 0.3) is 0 Å². The van der Waals surface area contributed by atoms with E-state index in [9.17, 15) is 9.59 Å². The summed E-state index contributed by atoms with van der Waals surface area (Å²) in [7, 11) is 0. The highest BCUT2D eigenvalue weighted by atomic mass is 16.2. The molecule has 118 valence electrons. The first-order valence-electron chi connectivity index (χ1n) is 7.91. The number of carbonyl (C=O) groups is 2. The molecule has 1 aliphatic carbocycles. The summed E-state index contributed by atoms with van der Waals surface area (Å²) < 4.78 is 0. The van der Waals surface area contributed by atoms with Gasteiger partial charge in [-0.1, -0.05) is 24.3 Å². The minimum absolute atomic E-state index is 0.121. The van der Waals surface area contributed by atoms with Gasteiger partial charge in [0.05, 0.1) is 0 Å². The van der Waals surface area contributed by atoms with Crippen LogP contribution >= 0.6 is 0 Å². The van der Waals surface area contributed by atoms with Crippen molar-refractivity contribution in [2.45, 2.75) is 25.2 Å². The predicted octanol–water partition coefficient (Wildman–Crippen LogP) is 2.64. The van der Waals surface area contributed by atoms with Gasteiger partial charge in [0.25, 0.3) is 5.91 Å². The Morgan fingerprint density at radius 3 is 2.48 bits per heavy atom. The van der Waals surface area contributed by atoms with Gasteiger partial charge in [0.1, 0.15) is 0 Å². The third-order valence-electron chi connectivity index (χ3n) is 4.43. The third kappa shape index (κ3) is 3.42. The highest BCUT2D eigenvalue weighted by Gasteiger charge is 2.20. The van der Waals surface area contributed by atoms with Crippen LogP contribution in [0.1, 0.15) is 50.6 Å². The first kappa shape index (κ1) is 15.3. The van der Waals surface area contributed by atoms with Gasteiger partial charge in [-0.25, -0.2) is 0 Å². The van der Waals surface area contributed by atoms with Crippen molar-refractivity contribution in [1.82, 2.24) is 5.32 Å². The van der Waals surface area contributed by atoms with E-state index in [1.54, 1.807) is 24.3 Å². The summed E-state index contributed by atoms with van der Waals surface area (Å²) in [4.78, 5) is 23.3. The number of carbonyl (C=O) groups excluding carboxylic acids is 2. The largest absolute Gasteiger partial charge is 0.366 e. The molecule has 0 bridgehead atoms. The molecule has 0 radical (unpaired) electrons. The van der Waals surface area contributed by atoms with Crippen LogP contribution in [0.3, 0.4) is 0 Å². The predicted molar refractivity (Wildman–Crippen MR) is 89.4 cm³/mol. The van der Waals surface area contributed by atoms with Gasteiger partial charge < -0.3 is 11.1 Å². The summed E-state index contributed by atoms with van der Waals surface area (Å²) in [5.74, 6) is -0.242. The Kier molecular flexibility index (Phi) is 4.42. The van der Waals surface area contributed by atoms with E-state index in [-0.39, 0.29) is 5.91 Å². The summed E-state index contributed by atoms with van der Waals surface area (Å²) in [5, 5.41) is 3.00. The van der Waals surface area contributed by atoms with Gasteiger partial charge in [-0.3, -0.25) is 9.59 Å². The molecule has 3 rings (SSSR count). The van der Waals surface area contributed by atoms with Gasteiger partial charge in [0.15, 0.2) is 0 Å². The first-order chi connectivity index (χ1) is 11.1. The molecule has 23 heavy (non-hydrogen) atoms. The standard InChI is InChI=1S/C19H20N2O2/c20-18(22)14-8-10-15(11-9-14)19(23)21-12-16-6-3-5-13-4-1-2-7-17(13)16/h1-2,4,7-11,16H,3,5-6,12H2,(H2,20,22)(H,21,23). The van der Waals surface area contributed by atoms with E-state index in [2.05, 4.69) is 29.6 Å². The average molecular weight is 308 g/mol. The molecule has 4 nitrogen and oxygen atoms in total. The zero-order valence-corrected chi connectivity index (χ0v) is 12.9. The molecular weight excluding hydrogens is 288 g/mol. The third-order valence-corrected chi connectivity index (χ3v) is 4.43. The Balaban J connectivity index is 1.64. The fourth-order valence-electron chi connectivity index (χ4n) is 3.17. The van der Waals surface area contributed by atoms with E-state index >= 15 is 0 Å². The molecule has 1 aliphatic rings. The Morgan fingerprint density at radius 2 is 1.74 bits per heavy atom. The molecule has 2 amide bonds. The number of rotatable bonds is 4. The SMILES string of the molecule is NC(=O)c1ccc(C(=O)NCC2CCCc3ccccc32)cc1. The maximum absolute atomic E-state index is 12.3. The number of nitrogens with two attached hydrogens (primary N) is 1. The summed E-state index contributed by atoms with van der Waals surface area (Å²) in [6.45, 7) is 0.632. The van der Waals surface area contributed by atoms with E-state index in [0.717, 1.165) is 19.3 Å². The van der Waals surface area contributed by atoms with Gasteiger partial charge >= 0.3 is 0 Å². The number of benzene rings is 2. The highest BCUT2D eigenvalue weighted by Crippen LogP contribution is 2.30. The second-order valence-corrected chi connectivity index (χ2v) is 5.94. The summed E-state index contributed by atoms with van der Waals surface area (Å²) >= 11 is 0. The molecule has 0 saturated carbocycles. The minimum atomic E-state index is -0.490. The number of hydrogen-bond donors (Lipinski definition) is 2. The molecule has 1 atom stereocenters. The second-order valence-electron chi connectivity index (χ2n) is 5.94. The van der Waals surface area contributed by atoms with Crippen molar-refractivity contribution in [3.63, 3.8) is 0 Å². The van der Waals surface area contributed by atoms with Gasteiger partial charge in [-0.15, -0.1) is 0 Å². The number of amides is 2. The Morgan fingerprint density at radius 1 is 1.04 bits per heavy atom. The molecule has 4 heteroatoms. The van der Waals surface area contributed by atoms with E-state index < -0.39 is 5.91 Å². The number of primary amides is 1. The first-order valence-corrected chi connectivity index (χ1v) is 7.91. The average Bonchev–Trinajstić information content (AvgIpc) is 2.59. The van der Waals surface area contributed by atoms with Gasteiger partial charge in [-0.05, 0) is 54.7 Å². The molecule has 2 aromatic rings. The number of aryl methyl sites for hydroxylation is 1. The molecule has 0 fully saturated rings. The van der Waals surface area contributed by atoms with Crippen LogP contribution in [0.5, 0.6) is 0 Å². The summed E-state index contributed by atoms with van der Waals surface area (Å²) in [6.07, 6.45) is 3.37. The second kappa shape index (κ2) is 6.65. The zero-order chi connectivity index (χ0) is 16.2. The maximum atomic E-state index is 12.3. The monoisotopic (exact) mass is 308 g/mol. The molecule has 0 heterocycles. The van der Waals surface area contributed by atoms with Crippen LogP contribution in [0.2, 0.25) is 0 Å². The van der Waals surface area contributed by atoms with E-state index in [1.807, 2.05) is 0 Å². The zero-order valence-electron chi connectivity index (χ0n) is 12.9. The Hall–Kier alpha value is -2.62. The molecule has 0 aliphatic heterocycles.